The van der Waals surface area contributed by atoms with E-state index in [1.165, 1.54) is 0 Å². The zero-order valence-corrected chi connectivity index (χ0v) is 19.4. The molecule has 0 heterocycles. The van der Waals surface area contributed by atoms with Crippen LogP contribution in [0.5, 0.6) is 0 Å². The predicted octanol–water partition coefficient (Wildman–Crippen LogP) is 8.98. The molecule has 0 unspecified atom stereocenters. The molecule has 0 amide bonds. The Kier molecular flexibility index (Phi) is 10.3. The molecule has 0 saturated carbocycles. The standard InChI is InChI=1S/2C12H8Cl2.OS/c2*13-10-7-5-9(6-8-10)11-3-1-2-4-12(11)14;1-2/h2*1-8H;. The van der Waals surface area contributed by atoms with Gasteiger partial charge in [0.15, 0.2) is 12.5 Å². The highest BCUT2D eigenvalue weighted by Gasteiger charge is 2.02. The van der Waals surface area contributed by atoms with Crippen LogP contribution in [0.1, 0.15) is 0 Å². The van der Waals surface area contributed by atoms with Gasteiger partial charge in [0, 0.05) is 31.2 Å². The molecule has 0 aliphatic carbocycles. The van der Waals surface area contributed by atoms with Crippen LogP contribution in [0.4, 0.5) is 0 Å². The topological polar surface area (TPSA) is 17.1 Å². The first-order valence-electron chi connectivity index (χ1n) is 8.72. The fraction of sp³-hybridized carbons (Fsp3) is 0. The van der Waals surface area contributed by atoms with Crippen molar-refractivity contribution in [2.45, 2.75) is 0 Å². The second-order valence-corrected chi connectivity index (χ2v) is 7.66. The minimum absolute atomic E-state index is 0.737. The van der Waals surface area contributed by atoms with E-state index in [0.29, 0.717) is 0 Å². The summed E-state index contributed by atoms with van der Waals surface area (Å²) in [6.07, 6.45) is 0. The van der Waals surface area contributed by atoms with Crippen LogP contribution in [0.3, 0.4) is 0 Å². The van der Waals surface area contributed by atoms with E-state index in [2.05, 4.69) is 12.5 Å². The molecule has 4 rings (SSSR count). The van der Waals surface area contributed by atoms with Crippen molar-refractivity contribution in [3.8, 4) is 22.3 Å². The highest BCUT2D eigenvalue weighted by Crippen LogP contribution is 2.29. The molecule has 0 N–H and O–H groups in total. The van der Waals surface area contributed by atoms with Gasteiger partial charge >= 0.3 is 0 Å². The Bertz CT molecular complexity index is 980. The zero-order valence-electron chi connectivity index (χ0n) is 15.6. The molecule has 0 atom stereocenters. The number of rotatable bonds is 2. The molecule has 0 saturated heterocycles. The summed E-state index contributed by atoms with van der Waals surface area (Å²) in [7, 11) is 0. The van der Waals surface area contributed by atoms with E-state index in [1.54, 1.807) is 0 Å². The average Bonchev–Trinajstić information content (AvgIpc) is 2.78. The van der Waals surface area contributed by atoms with E-state index in [-0.39, 0.29) is 0 Å². The lowest BCUT2D eigenvalue weighted by molar-refractivity contribution is 0.702. The van der Waals surface area contributed by atoms with Gasteiger partial charge in [-0.3, -0.25) is 0 Å². The maximum atomic E-state index is 7.83. The Labute approximate surface area is 201 Å². The molecule has 0 aliphatic rings. The zero-order chi connectivity index (χ0) is 21.9. The molecule has 0 spiro atoms. The smallest absolute Gasteiger partial charge is 0.197 e. The van der Waals surface area contributed by atoms with E-state index in [0.717, 1.165) is 42.3 Å². The van der Waals surface area contributed by atoms with Crippen LogP contribution >= 0.6 is 46.4 Å². The molecule has 0 radical (unpaired) electrons. The first-order valence-corrected chi connectivity index (χ1v) is 10.6. The van der Waals surface area contributed by atoms with Crippen LogP contribution in [0.15, 0.2) is 97.1 Å². The summed E-state index contributed by atoms with van der Waals surface area (Å²) >= 11 is 26.6. The maximum absolute atomic E-state index is 7.83. The highest BCUT2D eigenvalue weighted by atomic mass is 35.5. The molecule has 30 heavy (non-hydrogen) atoms. The van der Waals surface area contributed by atoms with Gasteiger partial charge in [-0.05, 0) is 47.5 Å². The number of benzene rings is 4. The highest BCUT2D eigenvalue weighted by molar-refractivity contribution is 7.44. The van der Waals surface area contributed by atoms with Gasteiger partial charge in [-0.15, -0.1) is 0 Å². The Morgan fingerprint density at radius 3 is 1.03 bits per heavy atom. The molecule has 0 aliphatic heterocycles. The lowest BCUT2D eigenvalue weighted by Gasteiger charge is -2.03. The molecule has 4 aromatic rings. The van der Waals surface area contributed by atoms with Gasteiger partial charge in [-0.2, -0.15) is 4.21 Å². The quantitative estimate of drug-likeness (QED) is 0.277. The summed E-state index contributed by atoms with van der Waals surface area (Å²) in [4.78, 5) is 0. The van der Waals surface area contributed by atoms with E-state index in [1.807, 2.05) is 97.1 Å². The summed E-state index contributed by atoms with van der Waals surface area (Å²) in [5.41, 5.74) is 4.23. The van der Waals surface area contributed by atoms with Gasteiger partial charge in [0.2, 0.25) is 0 Å². The van der Waals surface area contributed by atoms with Crippen molar-refractivity contribution in [1.82, 2.24) is 0 Å². The Hall–Kier alpha value is -1.94. The van der Waals surface area contributed by atoms with E-state index in [9.17, 15) is 0 Å². The van der Waals surface area contributed by atoms with E-state index >= 15 is 0 Å². The van der Waals surface area contributed by atoms with Crippen LogP contribution in [0.25, 0.3) is 22.3 Å². The molecule has 6 heteroatoms. The SMILES string of the molecule is Clc1ccc(-c2ccccc2Cl)cc1.Clc1ccc(-c2ccccc2Cl)cc1.O=S. The molecule has 4 aromatic carbocycles. The maximum Gasteiger partial charge on any atom is 0.197 e. The first-order chi connectivity index (χ1) is 14.5. The second-order valence-electron chi connectivity index (χ2n) is 5.97. The summed E-state index contributed by atoms with van der Waals surface area (Å²) in [6.45, 7) is 0. The Morgan fingerprint density at radius 2 is 0.733 bits per heavy atom. The minimum atomic E-state index is 0.737. The molecule has 0 fully saturated rings. The third kappa shape index (κ3) is 7.09. The van der Waals surface area contributed by atoms with Crippen LogP contribution in [0, 0.1) is 0 Å². The predicted molar refractivity (Wildman–Crippen MR) is 132 cm³/mol. The van der Waals surface area contributed by atoms with Crippen molar-refractivity contribution in [2.75, 3.05) is 0 Å². The van der Waals surface area contributed by atoms with Gasteiger partial charge in [0.1, 0.15) is 0 Å². The molecule has 152 valence electrons. The monoisotopic (exact) mass is 492 g/mol. The van der Waals surface area contributed by atoms with Crippen molar-refractivity contribution in [3.05, 3.63) is 117 Å². The van der Waals surface area contributed by atoms with Gasteiger partial charge in [0.25, 0.3) is 0 Å². The lowest BCUT2D eigenvalue weighted by Crippen LogP contribution is -1.77. The van der Waals surface area contributed by atoms with Gasteiger partial charge in [-0.25, -0.2) is 0 Å². The first kappa shape index (κ1) is 24.3. The molecule has 1 nitrogen and oxygen atoms in total. The largest absolute Gasteiger partial charge is 0.197 e. The van der Waals surface area contributed by atoms with Crippen molar-refractivity contribution in [3.63, 3.8) is 0 Å². The van der Waals surface area contributed by atoms with E-state index in [4.69, 9.17) is 50.6 Å². The molecular formula is C24H16Cl4OS. The molecular weight excluding hydrogens is 478 g/mol. The number of hydrogen-bond donors (Lipinski definition) is 0. The minimum Gasteiger partial charge on any atom is -0.197 e. The normalized spacial score (nSPS) is 9.60. The second kappa shape index (κ2) is 12.7. The third-order valence-electron chi connectivity index (χ3n) is 4.06. The average molecular weight is 494 g/mol. The molecule has 0 bridgehead atoms. The number of halogens is 4. The summed E-state index contributed by atoms with van der Waals surface area (Å²) in [5.74, 6) is 0. The van der Waals surface area contributed by atoms with Gasteiger partial charge < -0.3 is 0 Å². The summed E-state index contributed by atoms with van der Waals surface area (Å²) in [5, 5.41) is 2.99. The fourth-order valence-corrected chi connectivity index (χ4v) is 3.39. The van der Waals surface area contributed by atoms with Gasteiger partial charge in [0.05, 0.1) is 0 Å². The van der Waals surface area contributed by atoms with Crippen LogP contribution in [-0.2, 0) is 12.5 Å². The lowest BCUT2D eigenvalue weighted by atomic mass is 10.1. The Balaban J connectivity index is 0.000000197. The summed E-state index contributed by atoms with van der Waals surface area (Å²) < 4.78 is 7.83. The molecule has 0 aromatic heterocycles. The van der Waals surface area contributed by atoms with Gasteiger partial charge in [-0.1, -0.05) is 107 Å². The van der Waals surface area contributed by atoms with E-state index < -0.39 is 0 Å². The van der Waals surface area contributed by atoms with Crippen LogP contribution < -0.4 is 0 Å². The third-order valence-corrected chi connectivity index (χ3v) is 5.22. The Morgan fingerprint density at radius 1 is 0.433 bits per heavy atom. The van der Waals surface area contributed by atoms with Crippen LogP contribution in [-0.4, -0.2) is 4.21 Å². The van der Waals surface area contributed by atoms with Crippen molar-refractivity contribution < 1.29 is 4.21 Å². The fourth-order valence-electron chi connectivity index (χ4n) is 2.65. The van der Waals surface area contributed by atoms with Crippen molar-refractivity contribution in [2.24, 2.45) is 0 Å². The summed E-state index contributed by atoms with van der Waals surface area (Å²) in [6, 6.07) is 30.8. The number of hydrogen-bond acceptors (Lipinski definition) is 2. The van der Waals surface area contributed by atoms with Crippen molar-refractivity contribution in [1.29, 1.82) is 0 Å². The van der Waals surface area contributed by atoms with Crippen molar-refractivity contribution >= 4 is 58.9 Å². The van der Waals surface area contributed by atoms with Crippen LogP contribution in [0.2, 0.25) is 20.1 Å².